The van der Waals surface area contributed by atoms with E-state index in [4.69, 9.17) is 28.4 Å². The molecular formula is C29H44O10. The topological polar surface area (TPSA) is 130 Å². The number of aliphatic hydroxyl groups is 1. The summed E-state index contributed by atoms with van der Waals surface area (Å²) in [4.78, 5) is 37.7. The van der Waals surface area contributed by atoms with Crippen molar-refractivity contribution in [1.82, 2.24) is 0 Å². The Balaban J connectivity index is 1.62. The van der Waals surface area contributed by atoms with Crippen LogP contribution in [0.15, 0.2) is 0 Å². The van der Waals surface area contributed by atoms with Crippen LogP contribution in [0.5, 0.6) is 0 Å². The van der Waals surface area contributed by atoms with Gasteiger partial charge in [-0.05, 0) is 43.9 Å². The number of fused-ring (bicyclic) bond motifs is 3. The van der Waals surface area contributed by atoms with Gasteiger partial charge in [-0.2, -0.15) is 0 Å². The minimum absolute atomic E-state index is 0.0309. The fourth-order valence-electron chi connectivity index (χ4n) is 8.29. The molecule has 0 aromatic rings. The molecule has 0 amide bonds. The maximum absolute atomic E-state index is 13.0. The van der Waals surface area contributed by atoms with Crippen molar-refractivity contribution >= 4 is 17.9 Å². The van der Waals surface area contributed by atoms with Gasteiger partial charge in [-0.15, -0.1) is 0 Å². The van der Waals surface area contributed by atoms with E-state index in [1.165, 1.54) is 13.8 Å². The van der Waals surface area contributed by atoms with Gasteiger partial charge >= 0.3 is 17.9 Å². The van der Waals surface area contributed by atoms with Gasteiger partial charge in [0, 0.05) is 25.2 Å². The molecule has 3 saturated heterocycles. The molecule has 39 heavy (non-hydrogen) atoms. The molecule has 3 heterocycles. The molecule has 0 bridgehead atoms. The van der Waals surface area contributed by atoms with E-state index in [1.807, 2.05) is 6.92 Å². The van der Waals surface area contributed by atoms with Crippen molar-refractivity contribution in [2.75, 3.05) is 19.8 Å². The second-order valence-corrected chi connectivity index (χ2v) is 12.8. The first-order valence-electron chi connectivity index (χ1n) is 14.5. The van der Waals surface area contributed by atoms with E-state index in [-0.39, 0.29) is 49.8 Å². The lowest BCUT2D eigenvalue weighted by Gasteiger charge is -2.65. The third kappa shape index (κ3) is 4.41. The van der Waals surface area contributed by atoms with Gasteiger partial charge in [0.25, 0.3) is 0 Å². The molecular weight excluding hydrogens is 508 g/mol. The lowest BCUT2D eigenvalue weighted by Crippen LogP contribution is -2.74. The van der Waals surface area contributed by atoms with Crippen molar-refractivity contribution in [3.05, 3.63) is 0 Å². The van der Waals surface area contributed by atoms with Crippen LogP contribution in [0.3, 0.4) is 0 Å². The smallest absolute Gasteiger partial charge is 0.309 e. The SMILES string of the molecule is CCC(C)C(=O)OC1C(O)CC2[C@@](C)(C3CC4CCOC4O3)C(C)CC(OC(C)=O)[C@@]2(COC(C)=O)[C@@]12CO2. The molecule has 3 aliphatic heterocycles. The van der Waals surface area contributed by atoms with Crippen molar-refractivity contribution in [1.29, 1.82) is 0 Å². The Morgan fingerprint density at radius 1 is 1.10 bits per heavy atom. The summed E-state index contributed by atoms with van der Waals surface area (Å²) < 4.78 is 36.4. The van der Waals surface area contributed by atoms with E-state index in [0.717, 1.165) is 12.8 Å². The third-order valence-corrected chi connectivity index (χ3v) is 10.9. The molecule has 1 spiro atoms. The highest BCUT2D eigenvalue weighted by Crippen LogP contribution is 2.70. The summed E-state index contributed by atoms with van der Waals surface area (Å²) in [5, 5.41) is 11.6. The Morgan fingerprint density at radius 2 is 1.82 bits per heavy atom. The highest BCUT2D eigenvalue weighted by atomic mass is 16.7. The molecule has 2 saturated carbocycles. The van der Waals surface area contributed by atoms with Crippen LogP contribution in [-0.2, 0) is 42.8 Å². The average Bonchev–Trinajstić information content (AvgIpc) is 3.36. The predicted octanol–water partition coefficient (Wildman–Crippen LogP) is 2.77. The molecule has 0 radical (unpaired) electrons. The minimum atomic E-state index is -1.18. The first-order valence-corrected chi connectivity index (χ1v) is 14.5. The van der Waals surface area contributed by atoms with Crippen molar-refractivity contribution in [2.24, 2.45) is 34.5 Å². The van der Waals surface area contributed by atoms with Crippen LogP contribution in [0.2, 0.25) is 0 Å². The summed E-state index contributed by atoms with van der Waals surface area (Å²) >= 11 is 0. The zero-order valence-corrected chi connectivity index (χ0v) is 24.0. The highest BCUT2D eigenvalue weighted by molar-refractivity contribution is 5.72. The van der Waals surface area contributed by atoms with Gasteiger partial charge in [0.15, 0.2) is 12.4 Å². The van der Waals surface area contributed by atoms with Gasteiger partial charge in [-0.1, -0.05) is 27.7 Å². The number of esters is 3. The number of ether oxygens (including phenoxy) is 6. The van der Waals surface area contributed by atoms with Crippen LogP contribution >= 0.6 is 0 Å². The number of hydrogen-bond donors (Lipinski definition) is 1. The van der Waals surface area contributed by atoms with Crippen molar-refractivity contribution in [3.8, 4) is 0 Å². The van der Waals surface area contributed by atoms with Gasteiger partial charge in [-0.25, -0.2) is 0 Å². The van der Waals surface area contributed by atoms with E-state index in [2.05, 4.69) is 13.8 Å². The van der Waals surface area contributed by atoms with Crippen molar-refractivity contribution in [2.45, 2.75) is 110 Å². The largest absolute Gasteiger partial charge is 0.465 e. The third-order valence-electron chi connectivity index (χ3n) is 10.9. The van der Waals surface area contributed by atoms with Crippen LogP contribution in [0.4, 0.5) is 0 Å². The lowest BCUT2D eigenvalue weighted by molar-refractivity contribution is -0.285. The molecule has 12 atom stereocenters. The van der Waals surface area contributed by atoms with Gasteiger partial charge in [0.2, 0.25) is 0 Å². The van der Waals surface area contributed by atoms with Crippen LogP contribution in [0.1, 0.15) is 73.6 Å². The summed E-state index contributed by atoms with van der Waals surface area (Å²) in [5.41, 5.74) is -2.75. The van der Waals surface area contributed by atoms with Gasteiger partial charge in [0.05, 0.1) is 36.8 Å². The fourth-order valence-corrected chi connectivity index (χ4v) is 8.29. The zero-order chi connectivity index (χ0) is 28.3. The molecule has 2 aliphatic carbocycles. The molecule has 1 N–H and O–H groups in total. The standard InChI is InChI=1S/C29H44O10/c1-7-15(2)25(33)39-24-20(32)12-21-27(6,22-11-19-8-9-34-26(19)38-22)16(3)10-23(37-18(5)31)28(21,13-35-17(4)30)29(24)14-36-29/h15-16,19-24,26,32H,7-14H2,1-6H3/t15?,16?,19?,20?,21?,22?,23?,24?,26?,27-,28-,29+/m0/s1. The Bertz CT molecular complexity index is 967. The molecule has 5 fully saturated rings. The zero-order valence-electron chi connectivity index (χ0n) is 24.0. The van der Waals surface area contributed by atoms with Crippen molar-refractivity contribution < 1.29 is 47.9 Å². The maximum Gasteiger partial charge on any atom is 0.309 e. The molecule has 10 heteroatoms. The first-order chi connectivity index (χ1) is 18.4. The molecule has 0 aromatic heterocycles. The molecule has 10 nitrogen and oxygen atoms in total. The molecule has 0 aromatic carbocycles. The fraction of sp³-hybridized carbons (Fsp3) is 0.897. The van der Waals surface area contributed by atoms with Gasteiger partial charge < -0.3 is 33.5 Å². The van der Waals surface area contributed by atoms with E-state index >= 15 is 0 Å². The molecule has 220 valence electrons. The summed E-state index contributed by atoms with van der Waals surface area (Å²) in [6, 6.07) is 0. The number of aliphatic hydroxyl groups excluding tert-OH is 1. The van der Waals surface area contributed by atoms with E-state index < -0.39 is 52.7 Å². The quantitative estimate of drug-likeness (QED) is 0.286. The Hall–Kier alpha value is -1.75. The number of carbonyl (C=O) groups is 3. The molecule has 9 unspecified atom stereocenters. The van der Waals surface area contributed by atoms with Crippen LogP contribution in [-0.4, -0.2) is 79.1 Å². The highest BCUT2D eigenvalue weighted by Gasteiger charge is 2.81. The second kappa shape index (κ2) is 10.3. The number of rotatable bonds is 7. The predicted molar refractivity (Wildman–Crippen MR) is 136 cm³/mol. The number of hydrogen-bond acceptors (Lipinski definition) is 10. The lowest BCUT2D eigenvalue weighted by atomic mass is 9.41. The monoisotopic (exact) mass is 552 g/mol. The van der Waals surface area contributed by atoms with E-state index in [0.29, 0.717) is 25.4 Å². The van der Waals surface area contributed by atoms with Gasteiger partial charge in [-0.3, -0.25) is 14.4 Å². The average molecular weight is 553 g/mol. The first kappa shape index (κ1) is 28.8. The van der Waals surface area contributed by atoms with Crippen LogP contribution in [0.25, 0.3) is 0 Å². The van der Waals surface area contributed by atoms with Crippen LogP contribution in [0, 0.1) is 34.5 Å². The summed E-state index contributed by atoms with van der Waals surface area (Å²) in [6.07, 6.45) is -0.0393. The molecule has 5 aliphatic rings. The molecule has 5 rings (SSSR count). The normalized spacial score (nSPS) is 47.2. The van der Waals surface area contributed by atoms with Crippen LogP contribution < -0.4 is 0 Å². The van der Waals surface area contributed by atoms with Crippen molar-refractivity contribution in [3.63, 3.8) is 0 Å². The van der Waals surface area contributed by atoms with E-state index in [1.54, 1.807) is 6.92 Å². The Kier molecular flexibility index (Phi) is 7.57. The number of epoxide rings is 1. The Labute approximate surface area is 230 Å². The van der Waals surface area contributed by atoms with Gasteiger partial charge in [0.1, 0.15) is 18.3 Å². The second-order valence-electron chi connectivity index (χ2n) is 12.8. The van der Waals surface area contributed by atoms with E-state index in [9.17, 15) is 19.5 Å². The number of carbonyl (C=O) groups excluding carboxylic acids is 3. The summed E-state index contributed by atoms with van der Waals surface area (Å²) in [6.45, 7) is 11.5. The summed E-state index contributed by atoms with van der Waals surface area (Å²) in [7, 11) is 0. The summed E-state index contributed by atoms with van der Waals surface area (Å²) in [5.74, 6) is -1.70. The Morgan fingerprint density at radius 3 is 2.41 bits per heavy atom. The minimum Gasteiger partial charge on any atom is -0.465 e. The maximum atomic E-state index is 13.0.